The number of aliphatic hydroxyl groups is 1. The SMILES string of the molecule is Cc1c(-c2nc3cc4c(c([N+](=O)[O-])c3o2)CC[C@H]4N2CC[C@@H](C(=O)NS(=O)(=O)C3(C)CC3)C2)cccc1-c1cccc(Nc2cccc3cc(CN4CC[C@@H](O)C4)cnc23)c1Cl. The summed E-state index contributed by atoms with van der Waals surface area (Å²) in [5, 5.41) is 27.7. The maximum Gasteiger partial charge on any atom is 0.317 e. The molecule has 1 saturated carbocycles. The van der Waals surface area contributed by atoms with E-state index in [9.17, 15) is 28.4 Å². The van der Waals surface area contributed by atoms with Crippen molar-refractivity contribution >= 4 is 66.6 Å². The first-order valence-electron chi connectivity index (χ1n) is 21.1. The number of pyridine rings is 1. The van der Waals surface area contributed by atoms with Crippen molar-refractivity contribution in [1.29, 1.82) is 0 Å². The minimum absolute atomic E-state index is 0.0998. The Bertz CT molecular complexity index is 2930. The summed E-state index contributed by atoms with van der Waals surface area (Å²) >= 11 is 7.19. The van der Waals surface area contributed by atoms with Crippen molar-refractivity contribution in [1.82, 2.24) is 24.5 Å². The first-order chi connectivity index (χ1) is 29.8. The third kappa shape index (κ3) is 7.19. The zero-order chi connectivity index (χ0) is 43.1. The number of likely N-dealkylation sites (tertiary alicyclic amines) is 2. The van der Waals surface area contributed by atoms with Gasteiger partial charge in [0.25, 0.3) is 0 Å². The van der Waals surface area contributed by atoms with Gasteiger partial charge in [0, 0.05) is 60.5 Å². The lowest BCUT2D eigenvalue weighted by molar-refractivity contribution is -0.384. The fraction of sp³-hybridized carbons (Fsp3) is 0.370. The number of hydrogen-bond acceptors (Lipinski definition) is 12. The van der Waals surface area contributed by atoms with Gasteiger partial charge in [0.15, 0.2) is 0 Å². The van der Waals surface area contributed by atoms with Crippen LogP contribution in [0.4, 0.5) is 17.1 Å². The standard InChI is InChI=1S/C46H46ClN7O7S/c1-26-31(33-9-5-10-36(40(33)47)49-37-11-3-6-28-20-27(22-48-41(28)37)23-52-18-15-30(55)25-52)7-4-8-32(26)45-50-38-21-35-34(42(54(57)58)43(38)61-45)12-13-39(35)53-19-14-29(24-53)44(56)51-62(59,60)46(2)16-17-46/h3-11,20-22,29-30,39,49,55H,12-19,23-25H2,1-2H3,(H,51,56)/t29-,30-,39-/m1/s1. The summed E-state index contributed by atoms with van der Waals surface area (Å²) in [5.41, 5.74) is 8.28. The van der Waals surface area contributed by atoms with E-state index in [4.69, 9.17) is 26.0 Å². The number of aromatic nitrogens is 2. The lowest BCUT2D eigenvalue weighted by Crippen LogP contribution is -2.42. The highest BCUT2D eigenvalue weighted by Gasteiger charge is 2.51. The molecule has 3 N–H and O–H groups in total. The van der Waals surface area contributed by atoms with Crippen LogP contribution in [0.5, 0.6) is 0 Å². The maximum atomic E-state index is 13.1. The molecular weight excluding hydrogens is 830 g/mol. The van der Waals surface area contributed by atoms with Crippen LogP contribution in [-0.4, -0.2) is 81.2 Å². The van der Waals surface area contributed by atoms with Crippen LogP contribution in [0.1, 0.15) is 67.3 Å². The van der Waals surface area contributed by atoms with Crippen LogP contribution < -0.4 is 10.0 Å². The van der Waals surface area contributed by atoms with E-state index in [1.54, 1.807) is 6.92 Å². The Morgan fingerprint density at radius 3 is 2.55 bits per heavy atom. The molecular formula is C46H46ClN7O7S. The van der Waals surface area contributed by atoms with E-state index in [0.717, 1.165) is 63.9 Å². The van der Waals surface area contributed by atoms with E-state index < -0.39 is 31.5 Å². The molecule has 0 radical (unpaired) electrons. The number of hydrogen-bond donors (Lipinski definition) is 3. The smallest absolute Gasteiger partial charge is 0.317 e. The summed E-state index contributed by atoms with van der Waals surface area (Å²) < 4.78 is 33.3. The van der Waals surface area contributed by atoms with Gasteiger partial charge in [0.1, 0.15) is 5.52 Å². The molecule has 0 bridgehead atoms. The minimum atomic E-state index is -3.75. The van der Waals surface area contributed by atoms with Crippen LogP contribution >= 0.6 is 11.6 Å². The minimum Gasteiger partial charge on any atom is -0.429 e. The first kappa shape index (κ1) is 40.6. The van der Waals surface area contributed by atoms with Crippen LogP contribution in [0, 0.1) is 23.0 Å². The highest BCUT2D eigenvalue weighted by atomic mass is 35.5. The van der Waals surface area contributed by atoms with Gasteiger partial charge in [-0.15, -0.1) is 0 Å². The van der Waals surface area contributed by atoms with Crippen LogP contribution in [0.25, 0.3) is 44.6 Å². The van der Waals surface area contributed by atoms with Crippen LogP contribution in [0.2, 0.25) is 5.02 Å². The number of benzene rings is 4. The van der Waals surface area contributed by atoms with E-state index in [-0.39, 0.29) is 29.3 Å². The summed E-state index contributed by atoms with van der Waals surface area (Å²) in [6.45, 7) is 6.78. The van der Waals surface area contributed by atoms with Gasteiger partial charge in [-0.1, -0.05) is 48.0 Å². The zero-order valence-corrected chi connectivity index (χ0v) is 35.9. The highest BCUT2D eigenvalue weighted by Crippen LogP contribution is 2.48. The molecule has 3 fully saturated rings. The Kier molecular flexibility index (Phi) is 10.1. The number of rotatable bonds is 11. The molecule has 14 nitrogen and oxygen atoms in total. The number of nitro groups is 1. The number of aliphatic hydroxyl groups excluding tert-OH is 1. The third-order valence-electron chi connectivity index (χ3n) is 13.4. The summed E-state index contributed by atoms with van der Waals surface area (Å²) in [6.07, 6.45) is 5.04. The average molecular weight is 876 g/mol. The normalized spacial score (nSPS) is 21.1. The number of carbonyl (C=O) groups is 1. The van der Waals surface area contributed by atoms with Crippen molar-refractivity contribution in [3.05, 3.63) is 110 Å². The number of oxazole rings is 1. The van der Waals surface area contributed by atoms with E-state index in [0.29, 0.717) is 79.1 Å². The summed E-state index contributed by atoms with van der Waals surface area (Å²) in [5.74, 6) is -0.741. The first-order valence-corrected chi connectivity index (χ1v) is 23.0. The monoisotopic (exact) mass is 875 g/mol. The molecule has 4 aromatic carbocycles. The molecule has 0 unspecified atom stereocenters. The van der Waals surface area contributed by atoms with Crippen molar-refractivity contribution in [2.45, 2.75) is 75.8 Å². The molecule has 2 aromatic heterocycles. The Hall–Kier alpha value is -5.45. The number of carbonyl (C=O) groups excluding carboxylic acids is 1. The second-order valence-electron chi connectivity index (χ2n) is 17.5. The second kappa shape index (κ2) is 15.4. The molecule has 10 rings (SSSR count). The number of halogens is 1. The molecule has 4 heterocycles. The number of β-amino-alcohol motifs (C(OH)–C–C–N with tert-alkyl or cyclic N) is 1. The van der Waals surface area contributed by atoms with E-state index >= 15 is 0 Å². The van der Waals surface area contributed by atoms with Crippen molar-refractivity contribution in [3.8, 4) is 22.6 Å². The fourth-order valence-electron chi connectivity index (χ4n) is 9.61. The number of anilines is 2. The second-order valence-corrected chi connectivity index (χ2v) is 20.1. The lowest BCUT2D eigenvalue weighted by atomic mass is 9.96. The predicted molar refractivity (Wildman–Crippen MR) is 238 cm³/mol. The third-order valence-corrected chi connectivity index (χ3v) is 16.0. The Morgan fingerprint density at radius 1 is 1.02 bits per heavy atom. The summed E-state index contributed by atoms with van der Waals surface area (Å²) in [6, 6.07) is 21.3. The molecule has 1 amide bonds. The van der Waals surface area contributed by atoms with E-state index in [2.05, 4.69) is 25.9 Å². The quantitative estimate of drug-likeness (QED) is 0.0839. The Balaban J connectivity index is 0.915. The largest absolute Gasteiger partial charge is 0.429 e. The Labute approximate surface area is 363 Å². The van der Waals surface area contributed by atoms with Gasteiger partial charge in [-0.05, 0) is 112 Å². The number of nitrogens with one attached hydrogen (secondary N) is 2. The number of sulfonamides is 1. The van der Waals surface area contributed by atoms with Crippen molar-refractivity contribution in [2.75, 3.05) is 31.5 Å². The van der Waals surface area contributed by atoms with Gasteiger partial charge < -0.3 is 14.8 Å². The molecule has 2 aliphatic heterocycles. The summed E-state index contributed by atoms with van der Waals surface area (Å²) in [4.78, 5) is 39.5. The molecule has 2 saturated heterocycles. The predicted octanol–water partition coefficient (Wildman–Crippen LogP) is 8.20. The zero-order valence-electron chi connectivity index (χ0n) is 34.4. The molecule has 320 valence electrons. The Morgan fingerprint density at radius 2 is 1.77 bits per heavy atom. The summed E-state index contributed by atoms with van der Waals surface area (Å²) in [7, 11) is -3.75. The van der Waals surface area contributed by atoms with Crippen molar-refractivity contribution < 1.29 is 27.7 Å². The molecule has 6 aromatic rings. The number of amides is 1. The molecule has 3 atom stereocenters. The van der Waals surface area contributed by atoms with Gasteiger partial charge in [-0.3, -0.25) is 34.4 Å². The van der Waals surface area contributed by atoms with E-state index in [1.807, 2.05) is 73.8 Å². The number of para-hydroxylation sites is 1. The van der Waals surface area contributed by atoms with Crippen LogP contribution in [0.15, 0.2) is 77.3 Å². The topological polar surface area (TPSA) is 184 Å². The molecule has 2 aliphatic carbocycles. The van der Waals surface area contributed by atoms with Gasteiger partial charge >= 0.3 is 5.69 Å². The highest BCUT2D eigenvalue weighted by molar-refractivity contribution is 7.91. The number of nitrogens with zero attached hydrogens (tertiary/aromatic N) is 5. The van der Waals surface area contributed by atoms with Crippen LogP contribution in [-0.2, 0) is 27.8 Å². The lowest BCUT2D eigenvalue weighted by Gasteiger charge is -2.24. The molecule has 4 aliphatic rings. The van der Waals surface area contributed by atoms with Crippen LogP contribution in [0.3, 0.4) is 0 Å². The van der Waals surface area contributed by atoms with Crippen molar-refractivity contribution in [2.24, 2.45) is 5.92 Å². The molecule has 0 spiro atoms. The number of nitro benzene ring substituents is 1. The molecule has 16 heteroatoms. The van der Waals surface area contributed by atoms with E-state index in [1.165, 1.54) is 0 Å². The maximum absolute atomic E-state index is 13.1. The van der Waals surface area contributed by atoms with Gasteiger partial charge in [-0.25, -0.2) is 13.4 Å². The average Bonchev–Trinajstić information content (AvgIpc) is 3.70. The van der Waals surface area contributed by atoms with Gasteiger partial charge in [0.2, 0.25) is 27.4 Å². The number of fused-ring (bicyclic) bond motifs is 3. The van der Waals surface area contributed by atoms with Gasteiger partial charge in [-0.2, -0.15) is 0 Å². The van der Waals surface area contributed by atoms with Crippen molar-refractivity contribution in [3.63, 3.8) is 0 Å². The molecule has 62 heavy (non-hydrogen) atoms. The fourth-order valence-corrected chi connectivity index (χ4v) is 11.2. The van der Waals surface area contributed by atoms with Gasteiger partial charge in [0.05, 0.1) is 43.6 Å².